The number of carbonyl (C=O) groups is 2. The molecule has 4 saturated carbocycles. The van der Waals surface area contributed by atoms with E-state index in [2.05, 4.69) is 13.8 Å². The zero-order valence-electron chi connectivity index (χ0n) is 23.6. The van der Waals surface area contributed by atoms with Gasteiger partial charge in [0.1, 0.15) is 5.78 Å². The molecule has 0 amide bonds. The van der Waals surface area contributed by atoms with Crippen molar-refractivity contribution in [2.45, 2.75) is 132 Å². The molecular formula is C30H56O3. The third-order valence-corrected chi connectivity index (χ3v) is 9.75. The third kappa shape index (κ3) is 6.04. The maximum Gasteiger partial charge on any atom is 0.305 e. The Hall–Kier alpha value is -0.860. The molecule has 4 rings (SSSR count). The fourth-order valence-electron chi connectivity index (χ4n) is 8.14. The first kappa shape index (κ1) is 30.2. The van der Waals surface area contributed by atoms with Crippen molar-refractivity contribution in [1.82, 2.24) is 0 Å². The Labute approximate surface area is 206 Å². The first-order chi connectivity index (χ1) is 15.9. The summed E-state index contributed by atoms with van der Waals surface area (Å²) >= 11 is 0. The predicted molar refractivity (Wildman–Crippen MR) is 140 cm³/mol. The number of esters is 1. The molecule has 0 spiro atoms. The SMILES string of the molecule is CC.CC.CC.COC(=O)CCCC1CCC2C3C(=O)CC4CCCCC4(C)C3CCC12C. The first-order valence-corrected chi connectivity index (χ1v) is 14.5. The van der Waals surface area contributed by atoms with Gasteiger partial charge in [0.05, 0.1) is 7.11 Å². The van der Waals surface area contributed by atoms with Crippen LogP contribution in [0.3, 0.4) is 0 Å². The molecule has 7 atom stereocenters. The Bertz CT molecular complexity index is 599. The lowest BCUT2D eigenvalue weighted by atomic mass is 9.44. The summed E-state index contributed by atoms with van der Waals surface area (Å²) in [5.41, 5.74) is 0.728. The van der Waals surface area contributed by atoms with Crippen molar-refractivity contribution < 1.29 is 14.3 Å². The van der Waals surface area contributed by atoms with E-state index in [0.717, 1.165) is 19.3 Å². The molecule has 3 heteroatoms. The van der Waals surface area contributed by atoms with E-state index in [1.165, 1.54) is 58.5 Å². The minimum atomic E-state index is -0.0860. The fraction of sp³-hybridized carbons (Fsp3) is 0.933. The van der Waals surface area contributed by atoms with E-state index in [4.69, 9.17) is 4.74 Å². The fourth-order valence-corrected chi connectivity index (χ4v) is 8.14. The van der Waals surface area contributed by atoms with Crippen molar-refractivity contribution in [1.29, 1.82) is 0 Å². The summed E-state index contributed by atoms with van der Waals surface area (Å²) in [5, 5.41) is 0. The van der Waals surface area contributed by atoms with Crippen LogP contribution >= 0.6 is 0 Å². The van der Waals surface area contributed by atoms with Crippen molar-refractivity contribution in [3.63, 3.8) is 0 Å². The van der Waals surface area contributed by atoms with Crippen LogP contribution in [-0.2, 0) is 14.3 Å². The van der Waals surface area contributed by atoms with E-state index in [9.17, 15) is 9.59 Å². The highest BCUT2D eigenvalue weighted by atomic mass is 16.5. The monoisotopic (exact) mass is 464 g/mol. The van der Waals surface area contributed by atoms with Gasteiger partial charge in [-0.3, -0.25) is 9.59 Å². The number of hydrogen-bond donors (Lipinski definition) is 0. The summed E-state index contributed by atoms with van der Waals surface area (Å²) in [6.45, 7) is 17.0. The number of hydrogen-bond acceptors (Lipinski definition) is 3. The number of methoxy groups -OCH3 is 1. The molecule has 7 unspecified atom stereocenters. The number of carbonyl (C=O) groups excluding carboxylic acids is 2. The van der Waals surface area contributed by atoms with Gasteiger partial charge in [-0.05, 0) is 85.9 Å². The maximum atomic E-state index is 13.3. The molecule has 4 aliphatic carbocycles. The number of rotatable bonds is 4. The van der Waals surface area contributed by atoms with Crippen LogP contribution in [0.2, 0.25) is 0 Å². The normalized spacial score (nSPS) is 38.5. The van der Waals surface area contributed by atoms with Crippen molar-refractivity contribution in [3.05, 3.63) is 0 Å². The van der Waals surface area contributed by atoms with Crippen molar-refractivity contribution in [2.24, 2.45) is 40.4 Å². The molecular weight excluding hydrogens is 408 g/mol. The smallest absolute Gasteiger partial charge is 0.305 e. The molecule has 33 heavy (non-hydrogen) atoms. The second kappa shape index (κ2) is 13.9. The van der Waals surface area contributed by atoms with Gasteiger partial charge in [-0.2, -0.15) is 0 Å². The standard InChI is InChI=1S/C24H38O3.3C2H6/c1-23-13-5-4-7-17(23)15-20(25)22-18-11-10-16(8-6-9-21(26)27-3)24(18,2)14-12-19(22)23;3*1-2/h16-19,22H,4-15H2,1-3H3;3*1-2H3. The lowest BCUT2D eigenvalue weighted by Gasteiger charge is -2.59. The van der Waals surface area contributed by atoms with Crippen molar-refractivity contribution >= 4 is 11.8 Å². The van der Waals surface area contributed by atoms with Crippen LogP contribution in [0.1, 0.15) is 132 Å². The molecule has 0 radical (unpaired) electrons. The van der Waals surface area contributed by atoms with Crippen LogP contribution in [0.4, 0.5) is 0 Å². The van der Waals surface area contributed by atoms with Gasteiger partial charge < -0.3 is 4.74 Å². The summed E-state index contributed by atoms with van der Waals surface area (Å²) in [4.78, 5) is 24.8. The predicted octanol–water partition coefficient (Wildman–Crippen LogP) is 8.64. The Morgan fingerprint density at radius 3 is 2.15 bits per heavy atom. The maximum absolute atomic E-state index is 13.3. The molecule has 0 N–H and O–H groups in total. The van der Waals surface area contributed by atoms with Crippen LogP contribution < -0.4 is 0 Å². The largest absolute Gasteiger partial charge is 0.469 e. The molecule has 0 bridgehead atoms. The molecule has 0 saturated heterocycles. The van der Waals surface area contributed by atoms with E-state index in [0.29, 0.717) is 52.6 Å². The van der Waals surface area contributed by atoms with E-state index in [1.54, 1.807) is 0 Å². The van der Waals surface area contributed by atoms with Crippen molar-refractivity contribution in [2.75, 3.05) is 7.11 Å². The molecule has 4 aliphatic rings. The Kier molecular flexibility index (Phi) is 12.7. The number of Topliss-reactive ketones (excluding diaryl/α,β-unsaturated/α-hetero) is 1. The van der Waals surface area contributed by atoms with Crippen LogP contribution in [0.5, 0.6) is 0 Å². The summed E-state index contributed by atoms with van der Waals surface area (Å²) in [6.07, 6.45) is 13.8. The van der Waals surface area contributed by atoms with Gasteiger partial charge in [0.15, 0.2) is 0 Å². The Morgan fingerprint density at radius 1 is 0.879 bits per heavy atom. The number of ether oxygens (including phenoxy) is 1. The minimum Gasteiger partial charge on any atom is -0.469 e. The van der Waals surface area contributed by atoms with Crippen LogP contribution in [0.15, 0.2) is 0 Å². The van der Waals surface area contributed by atoms with Gasteiger partial charge in [-0.1, -0.05) is 68.2 Å². The van der Waals surface area contributed by atoms with E-state index < -0.39 is 0 Å². The molecule has 0 aromatic rings. The summed E-state index contributed by atoms with van der Waals surface area (Å²) < 4.78 is 4.81. The summed E-state index contributed by atoms with van der Waals surface area (Å²) in [5.74, 6) is 3.41. The van der Waals surface area contributed by atoms with Crippen molar-refractivity contribution in [3.8, 4) is 0 Å². The Balaban J connectivity index is 0.000000841. The Morgan fingerprint density at radius 2 is 1.52 bits per heavy atom. The summed E-state index contributed by atoms with van der Waals surface area (Å²) in [7, 11) is 1.48. The van der Waals surface area contributed by atoms with Gasteiger partial charge in [0.2, 0.25) is 0 Å². The average Bonchev–Trinajstić information content (AvgIpc) is 3.19. The molecule has 194 valence electrons. The van der Waals surface area contributed by atoms with Gasteiger partial charge in [-0.15, -0.1) is 0 Å². The van der Waals surface area contributed by atoms with Gasteiger partial charge in [0.25, 0.3) is 0 Å². The molecule has 4 fully saturated rings. The molecule has 0 aliphatic heterocycles. The first-order valence-electron chi connectivity index (χ1n) is 14.5. The second-order valence-corrected chi connectivity index (χ2v) is 10.6. The van der Waals surface area contributed by atoms with Gasteiger partial charge >= 0.3 is 5.97 Å². The zero-order chi connectivity index (χ0) is 25.2. The number of ketones is 1. The highest BCUT2D eigenvalue weighted by Gasteiger charge is 2.61. The van der Waals surface area contributed by atoms with Gasteiger partial charge in [0, 0.05) is 18.8 Å². The van der Waals surface area contributed by atoms with Crippen LogP contribution in [0.25, 0.3) is 0 Å². The topological polar surface area (TPSA) is 43.4 Å². The molecule has 0 heterocycles. The van der Waals surface area contributed by atoms with E-state index in [1.807, 2.05) is 41.5 Å². The lowest BCUT2D eigenvalue weighted by Crippen LogP contribution is -2.56. The minimum absolute atomic E-state index is 0.0860. The summed E-state index contributed by atoms with van der Waals surface area (Å²) in [6, 6.07) is 0. The van der Waals surface area contributed by atoms with Gasteiger partial charge in [-0.25, -0.2) is 0 Å². The quantitative estimate of drug-likeness (QED) is 0.391. The highest BCUT2D eigenvalue weighted by Crippen LogP contribution is 2.67. The molecule has 0 aromatic carbocycles. The zero-order valence-corrected chi connectivity index (χ0v) is 23.6. The van der Waals surface area contributed by atoms with E-state index >= 15 is 0 Å². The van der Waals surface area contributed by atoms with E-state index in [-0.39, 0.29) is 5.97 Å². The highest BCUT2D eigenvalue weighted by molar-refractivity contribution is 5.83. The van der Waals surface area contributed by atoms with Crippen LogP contribution in [0, 0.1) is 40.4 Å². The molecule has 3 nitrogen and oxygen atoms in total. The number of fused-ring (bicyclic) bond motifs is 5. The average molecular weight is 465 g/mol. The molecule has 0 aromatic heterocycles. The lowest BCUT2D eigenvalue weighted by molar-refractivity contribution is -0.155. The second-order valence-electron chi connectivity index (χ2n) is 10.6. The van der Waals surface area contributed by atoms with Crippen LogP contribution in [-0.4, -0.2) is 18.9 Å². The third-order valence-electron chi connectivity index (χ3n) is 9.75.